The Morgan fingerprint density at radius 1 is 1.13 bits per heavy atom. The number of allylic oxidation sites excluding steroid dienone is 1. The van der Waals surface area contributed by atoms with Gasteiger partial charge in [-0.1, -0.05) is 42.5 Å². The molecule has 0 unspecified atom stereocenters. The van der Waals surface area contributed by atoms with Crippen molar-refractivity contribution in [2.45, 2.75) is 13.3 Å². The molecule has 4 rings (SSSR count). The molecule has 0 saturated carbocycles. The molecule has 0 radical (unpaired) electrons. The highest BCUT2D eigenvalue weighted by atomic mass is 16.7. The maximum atomic E-state index is 5.55. The minimum Gasteiger partial charge on any atom is -0.454 e. The van der Waals surface area contributed by atoms with E-state index in [4.69, 9.17) is 14.5 Å². The summed E-state index contributed by atoms with van der Waals surface area (Å²) < 4.78 is 11.0. The lowest BCUT2D eigenvalue weighted by molar-refractivity contribution is 0.174. The van der Waals surface area contributed by atoms with E-state index in [0.29, 0.717) is 0 Å². The van der Waals surface area contributed by atoms with Crippen LogP contribution in [-0.4, -0.2) is 11.8 Å². The van der Waals surface area contributed by atoms with Crippen LogP contribution < -0.4 is 9.47 Å². The smallest absolute Gasteiger partial charge is 0.231 e. The summed E-state index contributed by atoms with van der Waals surface area (Å²) in [5, 5.41) is 2.20. The number of pyridine rings is 1. The molecule has 3 nitrogen and oxygen atoms in total. The standard InChI is InChI=1S/C20H17NO2/c1-13(2)8-17-16-10-19-18(22-12-23-19)9-15(16)11-21-20(17)14-6-4-3-5-7-14/h3-7,9-11H,1,8,12H2,2H3. The van der Waals surface area contributed by atoms with E-state index >= 15 is 0 Å². The van der Waals surface area contributed by atoms with Gasteiger partial charge in [-0.2, -0.15) is 0 Å². The van der Waals surface area contributed by atoms with Gasteiger partial charge in [0.05, 0.1) is 5.69 Å². The van der Waals surface area contributed by atoms with Gasteiger partial charge in [0, 0.05) is 17.1 Å². The first kappa shape index (κ1) is 13.8. The van der Waals surface area contributed by atoms with Gasteiger partial charge in [0.25, 0.3) is 0 Å². The molecule has 1 aliphatic rings. The third-order valence-electron chi connectivity index (χ3n) is 4.01. The first-order chi connectivity index (χ1) is 11.2. The van der Waals surface area contributed by atoms with E-state index in [9.17, 15) is 0 Å². The Labute approximate surface area is 135 Å². The van der Waals surface area contributed by atoms with E-state index < -0.39 is 0 Å². The molecule has 114 valence electrons. The van der Waals surface area contributed by atoms with E-state index in [2.05, 4.69) is 24.8 Å². The largest absolute Gasteiger partial charge is 0.454 e. The van der Waals surface area contributed by atoms with Gasteiger partial charge in [0.15, 0.2) is 11.5 Å². The summed E-state index contributed by atoms with van der Waals surface area (Å²) in [5.41, 5.74) is 4.40. The van der Waals surface area contributed by atoms with E-state index in [1.165, 1.54) is 5.56 Å². The maximum Gasteiger partial charge on any atom is 0.231 e. The summed E-state index contributed by atoms with van der Waals surface area (Å²) in [6.07, 6.45) is 2.69. The molecule has 23 heavy (non-hydrogen) atoms. The Hall–Kier alpha value is -2.81. The van der Waals surface area contributed by atoms with Crippen molar-refractivity contribution < 1.29 is 9.47 Å². The third-order valence-corrected chi connectivity index (χ3v) is 4.01. The van der Waals surface area contributed by atoms with E-state index in [1.807, 2.05) is 37.4 Å². The van der Waals surface area contributed by atoms with Crippen LogP contribution in [0.4, 0.5) is 0 Å². The number of rotatable bonds is 3. The highest BCUT2D eigenvalue weighted by Crippen LogP contribution is 2.39. The predicted molar refractivity (Wildman–Crippen MR) is 91.8 cm³/mol. The highest BCUT2D eigenvalue weighted by molar-refractivity contribution is 5.92. The fraction of sp³-hybridized carbons (Fsp3) is 0.150. The molecule has 0 atom stereocenters. The van der Waals surface area contributed by atoms with Crippen LogP contribution in [0.2, 0.25) is 0 Å². The Bertz CT molecular complexity index is 900. The predicted octanol–water partition coefficient (Wildman–Crippen LogP) is 4.75. The van der Waals surface area contributed by atoms with Crippen LogP contribution in [0, 0.1) is 0 Å². The summed E-state index contributed by atoms with van der Waals surface area (Å²) in [6, 6.07) is 14.3. The van der Waals surface area contributed by atoms with Gasteiger partial charge in [-0.3, -0.25) is 4.98 Å². The average Bonchev–Trinajstić information content (AvgIpc) is 3.01. The molecular formula is C20H17NO2. The first-order valence-corrected chi connectivity index (χ1v) is 7.63. The van der Waals surface area contributed by atoms with Crippen molar-refractivity contribution in [2.75, 3.05) is 6.79 Å². The second-order valence-corrected chi connectivity index (χ2v) is 5.88. The zero-order valence-electron chi connectivity index (χ0n) is 13.0. The Morgan fingerprint density at radius 2 is 1.87 bits per heavy atom. The molecule has 0 bridgehead atoms. The van der Waals surface area contributed by atoms with E-state index in [1.54, 1.807) is 0 Å². The first-order valence-electron chi connectivity index (χ1n) is 7.63. The molecule has 0 N–H and O–H groups in total. The zero-order valence-corrected chi connectivity index (χ0v) is 13.0. The number of aromatic nitrogens is 1. The Kier molecular flexibility index (Phi) is 3.27. The van der Waals surface area contributed by atoms with E-state index in [0.717, 1.165) is 45.5 Å². The lowest BCUT2D eigenvalue weighted by atomic mass is 9.95. The summed E-state index contributed by atoms with van der Waals surface area (Å²) >= 11 is 0. The number of nitrogens with zero attached hydrogens (tertiary/aromatic N) is 1. The topological polar surface area (TPSA) is 31.4 Å². The molecule has 3 aromatic rings. The van der Waals surface area contributed by atoms with Crippen molar-refractivity contribution >= 4 is 10.8 Å². The van der Waals surface area contributed by atoms with Gasteiger partial charge in [0.1, 0.15) is 0 Å². The van der Waals surface area contributed by atoms with Gasteiger partial charge in [-0.05, 0) is 36.4 Å². The van der Waals surface area contributed by atoms with Gasteiger partial charge in [-0.15, -0.1) is 0 Å². The van der Waals surface area contributed by atoms with Gasteiger partial charge in [0.2, 0.25) is 6.79 Å². The molecular weight excluding hydrogens is 286 g/mol. The molecule has 0 fully saturated rings. The summed E-state index contributed by atoms with van der Waals surface area (Å²) in [6.45, 7) is 6.40. The van der Waals surface area contributed by atoms with Crippen molar-refractivity contribution in [3.63, 3.8) is 0 Å². The van der Waals surface area contributed by atoms with Crippen LogP contribution >= 0.6 is 0 Å². The lowest BCUT2D eigenvalue weighted by Gasteiger charge is -2.13. The van der Waals surface area contributed by atoms with Crippen LogP contribution in [0.3, 0.4) is 0 Å². The highest BCUT2D eigenvalue weighted by Gasteiger charge is 2.18. The van der Waals surface area contributed by atoms with Gasteiger partial charge in [-0.25, -0.2) is 0 Å². The minimum atomic E-state index is 0.278. The molecule has 0 saturated heterocycles. The molecule has 0 amide bonds. The van der Waals surface area contributed by atoms with Crippen LogP contribution in [0.5, 0.6) is 11.5 Å². The molecule has 2 aromatic carbocycles. The Morgan fingerprint density at radius 3 is 2.61 bits per heavy atom. The molecule has 1 aliphatic heterocycles. The minimum absolute atomic E-state index is 0.278. The van der Waals surface area contributed by atoms with Crippen molar-refractivity contribution in [1.29, 1.82) is 0 Å². The summed E-state index contributed by atoms with van der Waals surface area (Å²) in [4.78, 5) is 4.72. The second kappa shape index (κ2) is 5.43. The quantitative estimate of drug-likeness (QED) is 0.654. The number of benzene rings is 2. The lowest BCUT2D eigenvalue weighted by Crippen LogP contribution is -1.96. The van der Waals surface area contributed by atoms with Crippen molar-refractivity contribution in [2.24, 2.45) is 0 Å². The number of fused-ring (bicyclic) bond motifs is 2. The Balaban J connectivity index is 1.99. The van der Waals surface area contributed by atoms with Crippen LogP contribution in [0.25, 0.3) is 22.0 Å². The number of ether oxygens (including phenoxy) is 2. The number of hydrogen-bond donors (Lipinski definition) is 0. The van der Waals surface area contributed by atoms with Crippen molar-refractivity contribution in [3.8, 4) is 22.8 Å². The molecule has 0 spiro atoms. The van der Waals surface area contributed by atoms with Gasteiger partial charge < -0.3 is 9.47 Å². The fourth-order valence-corrected chi connectivity index (χ4v) is 2.99. The van der Waals surface area contributed by atoms with Crippen molar-refractivity contribution in [1.82, 2.24) is 4.98 Å². The monoisotopic (exact) mass is 303 g/mol. The molecule has 2 heterocycles. The van der Waals surface area contributed by atoms with E-state index in [-0.39, 0.29) is 6.79 Å². The average molecular weight is 303 g/mol. The molecule has 0 aliphatic carbocycles. The normalized spacial score (nSPS) is 12.6. The molecule has 1 aromatic heterocycles. The third kappa shape index (κ3) is 2.44. The molecule has 3 heteroatoms. The fourth-order valence-electron chi connectivity index (χ4n) is 2.99. The van der Waals surface area contributed by atoms with Crippen LogP contribution in [0.1, 0.15) is 12.5 Å². The second-order valence-electron chi connectivity index (χ2n) is 5.88. The van der Waals surface area contributed by atoms with Crippen LogP contribution in [0.15, 0.2) is 60.8 Å². The van der Waals surface area contributed by atoms with Gasteiger partial charge >= 0.3 is 0 Å². The zero-order chi connectivity index (χ0) is 15.8. The maximum absolute atomic E-state index is 5.55. The van der Waals surface area contributed by atoms with Crippen LogP contribution in [-0.2, 0) is 6.42 Å². The summed E-state index contributed by atoms with van der Waals surface area (Å²) in [7, 11) is 0. The van der Waals surface area contributed by atoms with Crippen molar-refractivity contribution in [3.05, 3.63) is 66.4 Å². The summed E-state index contributed by atoms with van der Waals surface area (Å²) in [5.74, 6) is 1.58. The SMILES string of the molecule is C=C(C)Cc1c(-c2ccccc2)ncc2cc3c(cc12)OCO3. The number of hydrogen-bond acceptors (Lipinski definition) is 3.